The Morgan fingerprint density at radius 2 is 2.33 bits per heavy atom. The molecular weight excluding hydrogens is 271 g/mol. The smallest absolute Gasteiger partial charge is 0.129 e. The first-order valence-electron chi connectivity index (χ1n) is 6.03. The van der Waals surface area contributed by atoms with Crippen molar-refractivity contribution in [1.82, 2.24) is 10.2 Å². The van der Waals surface area contributed by atoms with E-state index in [2.05, 4.69) is 17.3 Å². The van der Waals surface area contributed by atoms with Crippen LogP contribution in [0.4, 0.5) is 4.39 Å². The summed E-state index contributed by atoms with van der Waals surface area (Å²) < 4.78 is 14.0. The number of likely N-dealkylation sites (N-methyl/N-ethyl adjacent to an activating group) is 2. The summed E-state index contributed by atoms with van der Waals surface area (Å²) in [4.78, 5) is 2.30. The summed E-state index contributed by atoms with van der Waals surface area (Å²) >= 11 is 7.73. The fourth-order valence-corrected chi connectivity index (χ4v) is 3.80. The number of hydrogen-bond acceptors (Lipinski definition) is 3. The summed E-state index contributed by atoms with van der Waals surface area (Å²) in [5.41, 5.74) is 0.696. The fraction of sp³-hybridized carbons (Fsp3) is 0.538. The minimum atomic E-state index is -0.231. The van der Waals surface area contributed by atoms with Crippen molar-refractivity contribution in [2.75, 3.05) is 32.1 Å². The molecule has 18 heavy (non-hydrogen) atoms. The van der Waals surface area contributed by atoms with Crippen molar-refractivity contribution in [3.8, 4) is 0 Å². The van der Waals surface area contributed by atoms with Crippen molar-refractivity contribution in [3.63, 3.8) is 0 Å². The van der Waals surface area contributed by atoms with Crippen LogP contribution in [0, 0.1) is 5.82 Å². The fourth-order valence-electron chi connectivity index (χ4n) is 2.37. The largest absolute Gasteiger partial charge is 0.312 e. The first kappa shape index (κ1) is 14.1. The molecule has 1 fully saturated rings. The Bertz CT molecular complexity index is 416. The summed E-state index contributed by atoms with van der Waals surface area (Å²) in [5, 5.41) is 3.68. The summed E-state index contributed by atoms with van der Waals surface area (Å²) in [5.74, 6) is 1.93. The van der Waals surface area contributed by atoms with Crippen molar-refractivity contribution in [3.05, 3.63) is 34.6 Å². The topological polar surface area (TPSA) is 15.3 Å². The molecule has 1 aromatic rings. The maximum absolute atomic E-state index is 14.0. The number of benzene rings is 1. The molecule has 1 saturated heterocycles. The van der Waals surface area contributed by atoms with Crippen molar-refractivity contribution in [2.24, 2.45) is 0 Å². The molecule has 2 nitrogen and oxygen atoms in total. The predicted molar refractivity (Wildman–Crippen MR) is 77.0 cm³/mol. The molecule has 0 spiro atoms. The van der Waals surface area contributed by atoms with Crippen molar-refractivity contribution >= 4 is 23.4 Å². The molecular formula is C13H18ClFN2S. The highest BCUT2D eigenvalue weighted by molar-refractivity contribution is 7.99. The van der Waals surface area contributed by atoms with Crippen LogP contribution in [0.5, 0.6) is 0 Å². The van der Waals surface area contributed by atoms with Crippen LogP contribution in [0.25, 0.3) is 0 Å². The quantitative estimate of drug-likeness (QED) is 0.921. The zero-order chi connectivity index (χ0) is 13.1. The molecule has 0 radical (unpaired) electrons. The minimum Gasteiger partial charge on any atom is -0.312 e. The number of nitrogens with one attached hydrogen (secondary N) is 1. The molecule has 0 saturated carbocycles. The van der Waals surface area contributed by atoms with Crippen LogP contribution in [-0.4, -0.2) is 43.1 Å². The van der Waals surface area contributed by atoms with E-state index in [1.54, 1.807) is 12.1 Å². The molecule has 2 rings (SSSR count). The Labute approximate surface area is 117 Å². The lowest BCUT2D eigenvalue weighted by atomic mass is 9.99. The van der Waals surface area contributed by atoms with Crippen LogP contribution in [0.2, 0.25) is 5.02 Å². The summed E-state index contributed by atoms with van der Waals surface area (Å²) in [7, 11) is 3.98. The van der Waals surface area contributed by atoms with Gasteiger partial charge in [0.1, 0.15) is 5.82 Å². The van der Waals surface area contributed by atoms with E-state index < -0.39 is 0 Å². The molecule has 1 aromatic carbocycles. The van der Waals surface area contributed by atoms with E-state index in [0.29, 0.717) is 16.6 Å². The maximum atomic E-state index is 14.0. The Kier molecular flexibility index (Phi) is 4.90. The van der Waals surface area contributed by atoms with Gasteiger partial charge in [0.05, 0.1) is 6.04 Å². The van der Waals surface area contributed by atoms with Crippen molar-refractivity contribution < 1.29 is 4.39 Å². The molecule has 1 aliphatic rings. The average Bonchev–Trinajstić information content (AvgIpc) is 2.34. The zero-order valence-corrected chi connectivity index (χ0v) is 12.2. The third-order valence-corrected chi connectivity index (χ3v) is 4.72. The summed E-state index contributed by atoms with van der Waals surface area (Å²) in [6.07, 6.45) is 0. The monoisotopic (exact) mass is 288 g/mol. The highest BCUT2D eigenvalue weighted by Gasteiger charge is 2.29. The Morgan fingerprint density at radius 3 is 2.94 bits per heavy atom. The zero-order valence-electron chi connectivity index (χ0n) is 10.6. The molecule has 0 amide bonds. The summed E-state index contributed by atoms with van der Waals surface area (Å²) in [6.45, 7) is 1.04. The van der Waals surface area contributed by atoms with Crippen LogP contribution in [0.3, 0.4) is 0 Å². The highest BCUT2D eigenvalue weighted by atomic mass is 35.5. The van der Waals surface area contributed by atoms with Gasteiger partial charge in [0.25, 0.3) is 0 Å². The second-order valence-corrected chi connectivity index (χ2v) is 6.14. The predicted octanol–water partition coefficient (Wildman–Crippen LogP) is 2.79. The van der Waals surface area contributed by atoms with Gasteiger partial charge in [0.2, 0.25) is 0 Å². The van der Waals surface area contributed by atoms with Crippen LogP contribution >= 0.6 is 23.4 Å². The van der Waals surface area contributed by atoms with Gasteiger partial charge in [0, 0.05) is 34.7 Å². The molecule has 0 bridgehead atoms. The number of halogens is 2. The number of rotatable bonds is 3. The van der Waals surface area contributed by atoms with E-state index in [1.807, 2.05) is 18.8 Å². The van der Waals surface area contributed by atoms with Gasteiger partial charge in [-0.1, -0.05) is 17.7 Å². The van der Waals surface area contributed by atoms with Crippen LogP contribution in [0.1, 0.15) is 11.6 Å². The number of nitrogens with zero attached hydrogens (tertiary/aromatic N) is 1. The van der Waals surface area contributed by atoms with E-state index in [0.717, 1.165) is 18.1 Å². The van der Waals surface area contributed by atoms with E-state index in [1.165, 1.54) is 6.07 Å². The van der Waals surface area contributed by atoms with Gasteiger partial charge in [-0.3, -0.25) is 4.90 Å². The van der Waals surface area contributed by atoms with Crippen LogP contribution < -0.4 is 5.32 Å². The molecule has 1 heterocycles. The minimum absolute atomic E-state index is 0.0000617. The van der Waals surface area contributed by atoms with Gasteiger partial charge in [-0.25, -0.2) is 4.39 Å². The third-order valence-electron chi connectivity index (χ3n) is 3.44. The lowest BCUT2D eigenvalue weighted by Crippen LogP contribution is -2.47. The Hall–Kier alpha value is -0.290. The molecule has 2 atom stereocenters. The van der Waals surface area contributed by atoms with Gasteiger partial charge in [-0.15, -0.1) is 0 Å². The molecule has 100 valence electrons. The van der Waals surface area contributed by atoms with Gasteiger partial charge in [-0.2, -0.15) is 11.8 Å². The first-order valence-corrected chi connectivity index (χ1v) is 7.57. The average molecular weight is 289 g/mol. The molecule has 1 aliphatic heterocycles. The summed E-state index contributed by atoms with van der Waals surface area (Å²) in [6, 6.07) is 5.23. The lowest BCUT2D eigenvalue weighted by molar-refractivity contribution is 0.218. The molecule has 0 aromatic heterocycles. The van der Waals surface area contributed by atoms with E-state index in [4.69, 9.17) is 11.6 Å². The Morgan fingerprint density at radius 1 is 1.56 bits per heavy atom. The first-order chi connectivity index (χ1) is 8.63. The highest BCUT2D eigenvalue weighted by Crippen LogP contribution is 2.29. The van der Waals surface area contributed by atoms with Gasteiger partial charge < -0.3 is 5.32 Å². The van der Waals surface area contributed by atoms with Crippen molar-refractivity contribution in [1.29, 1.82) is 0 Å². The van der Waals surface area contributed by atoms with Crippen molar-refractivity contribution in [2.45, 2.75) is 12.1 Å². The van der Waals surface area contributed by atoms with Gasteiger partial charge in [0.15, 0.2) is 0 Å². The SMILES string of the molecule is CNC(c1ccc(Cl)cc1F)C1CSCCN1C. The standard InChI is InChI=1S/C13H18ClFN2S/c1-16-13(12-8-18-6-5-17(12)2)10-4-3-9(14)7-11(10)15/h3-4,7,12-13,16H,5-6,8H2,1-2H3. The lowest BCUT2D eigenvalue weighted by Gasteiger charge is -2.38. The third kappa shape index (κ3) is 2.99. The Balaban J connectivity index is 2.26. The van der Waals surface area contributed by atoms with Gasteiger partial charge >= 0.3 is 0 Å². The number of hydrogen-bond donors (Lipinski definition) is 1. The van der Waals surface area contributed by atoms with E-state index in [-0.39, 0.29) is 11.9 Å². The second kappa shape index (κ2) is 6.24. The molecule has 2 unspecified atom stereocenters. The van der Waals surface area contributed by atoms with Crippen LogP contribution in [0.15, 0.2) is 18.2 Å². The second-order valence-electron chi connectivity index (χ2n) is 4.56. The molecule has 0 aliphatic carbocycles. The normalized spacial score (nSPS) is 23.0. The molecule has 1 N–H and O–H groups in total. The van der Waals surface area contributed by atoms with E-state index >= 15 is 0 Å². The maximum Gasteiger partial charge on any atom is 0.129 e. The van der Waals surface area contributed by atoms with E-state index in [9.17, 15) is 4.39 Å². The van der Waals surface area contributed by atoms with Crippen LogP contribution in [-0.2, 0) is 0 Å². The molecule has 5 heteroatoms. The van der Waals surface area contributed by atoms with Gasteiger partial charge in [-0.05, 0) is 26.2 Å². The number of thioether (sulfide) groups is 1.